The predicted octanol–water partition coefficient (Wildman–Crippen LogP) is 1.91. The molecule has 2 aromatic rings. The largest absolute Gasteiger partial charge is 0.463 e. The third-order valence-electron chi connectivity index (χ3n) is 2.15. The van der Waals surface area contributed by atoms with Gasteiger partial charge in [0.15, 0.2) is 0 Å². The number of benzene rings is 1. The first kappa shape index (κ1) is 9.45. The third kappa shape index (κ3) is 1.61. The lowest BCUT2D eigenvalue weighted by Gasteiger charge is -1.98. The van der Waals surface area contributed by atoms with Crippen LogP contribution in [0.2, 0.25) is 0 Å². The Kier molecular flexibility index (Phi) is 2.25. The molecular formula is C11H9NO3. The molecule has 0 amide bonds. The fourth-order valence-electron chi connectivity index (χ4n) is 1.41. The second-order valence-corrected chi connectivity index (χ2v) is 3.26. The van der Waals surface area contributed by atoms with Crippen molar-refractivity contribution in [3.05, 3.63) is 45.8 Å². The molecule has 15 heavy (non-hydrogen) atoms. The maximum absolute atomic E-state index is 11.8. The Hall–Kier alpha value is -2.10. The second kappa shape index (κ2) is 3.57. The number of oxime groups is 1. The Labute approximate surface area is 85.5 Å². The fourth-order valence-corrected chi connectivity index (χ4v) is 1.41. The van der Waals surface area contributed by atoms with Gasteiger partial charge in [0.05, 0.1) is 17.2 Å². The molecule has 1 aromatic carbocycles. The average molecular weight is 203 g/mol. The van der Waals surface area contributed by atoms with Crippen LogP contribution in [-0.2, 0) is 0 Å². The summed E-state index contributed by atoms with van der Waals surface area (Å²) in [5.74, 6) is 0. The topological polar surface area (TPSA) is 62.8 Å². The van der Waals surface area contributed by atoms with Crippen molar-refractivity contribution in [3.8, 4) is 0 Å². The van der Waals surface area contributed by atoms with Gasteiger partial charge in [-0.3, -0.25) is 4.79 Å². The van der Waals surface area contributed by atoms with E-state index >= 15 is 0 Å². The zero-order valence-corrected chi connectivity index (χ0v) is 8.10. The number of hydrogen-bond acceptors (Lipinski definition) is 4. The minimum absolute atomic E-state index is 0.197. The van der Waals surface area contributed by atoms with E-state index in [0.29, 0.717) is 11.0 Å². The van der Waals surface area contributed by atoms with Gasteiger partial charge in [-0.05, 0) is 19.1 Å². The molecule has 2 rings (SSSR count). The molecule has 0 aliphatic rings. The zero-order valence-electron chi connectivity index (χ0n) is 8.10. The highest BCUT2D eigenvalue weighted by Gasteiger charge is 2.05. The summed E-state index contributed by atoms with van der Waals surface area (Å²) in [4.78, 5) is 11.8. The molecule has 4 heteroatoms. The first-order valence-corrected chi connectivity index (χ1v) is 4.42. The van der Waals surface area contributed by atoms with Crippen LogP contribution in [0.3, 0.4) is 0 Å². The number of aryl methyl sites for hydroxylation is 1. The summed E-state index contributed by atoms with van der Waals surface area (Å²) in [5, 5.41) is 11.7. The third-order valence-corrected chi connectivity index (χ3v) is 2.15. The van der Waals surface area contributed by atoms with Gasteiger partial charge < -0.3 is 9.62 Å². The Morgan fingerprint density at radius 1 is 1.47 bits per heavy atom. The summed E-state index contributed by atoms with van der Waals surface area (Å²) in [6.07, 6.45) is 2.34. The SMILES string of the molecule is Cc1ccc2occ(C=NO)c(=O)c2c1. The van der Waals surface area contributed by atoms with Crippen molar-refractivity contribution >= 4 is 17.2 Å². The first-order chi connectivity index (χ1) is 7.22. The minimum atomic E-state index is -0.197. The Morgan fingerprint density at radius 3 is 3.00 bits per heavy atom. The van der Waals surface area contributed by atoms with Crippen LogP contribution < -0.4 is 5.43 Å². The van der Waals surface area contributed by atoms with E-state index in [4.69, 9.17) is 9.62 Å². The molecule has 0 aliphatic heterocycles. The predicted molar refractivity (Wildman–Crippen MR) is 56.6 cm³/mol. The summed E-state index contributed by atoms with van der Waals surface area (Å²) in [6.45, 7) is 1.89. The van der Waals surface area contributed by atoms with Crippen LogP contribution >= 0.6 is 0 Å². The summed E-state index contributed by atoms with van der Waals surface area (Å²) >= 11 is 0. The minimum Gasteiger partial charge on any atom is -0.463 e. The summed E-state index contributed by atoms with van der Waals surface area (Å²) in [5.41, 5.74) is 1.54. The average Bonchev–Trinajstić information content (AvgIpc) is 2.23. The van der Waals surface area contributed by atoms with Crippen molar-refractivity contribution in [2.45, 2.75) is 6.92 Å². The molecule has 0 bridgehead atoms. The molecule has 0 atom stereocenters. The zero-order chi connectivity index (χ0) is 10.8. The van der Waals surface area contributed by atoms with E-state index in [1.165, 1.54) is 6.26 Å². The lowest BCUT2D eigenvalue weighted by atomic mass is 10.1. The van der Waals surface area contributed by atoms with Gasteiger partial charge >= 0.3 is 0 Å². The van der Waals surface area contributed by atoms with Gasteiger partial charge in [0.2, 0.25) is 5.43 Å². The quantitative estimate of drug-likeness (QED) is 0.437. The van der Waals surface area contributed by atoms with E-state index in [2.05, 4.69) is 5.16 Å². The molecule has 76 valence electrons. The van der Waals surface area contributed by atoms with Crippen LogP contribution in [0, 0.1) is 6.92 Å². The molecule has 4 nitrogen and oxygen atoms in total. The van der Waals surface area contributed by atoms with Gasteiger partial charge in [0.1, 0.15) is 11.8 Å². The van der Waals surface area contributed by atoms with Crippen molar-refractivity contribution in [1.82, 2.24) is 0 Å². The molecule has 0 fully saturated rings. The normalized spacial score (nSPS) is 11.3. The van der Waals surface area contributed by atoms with Crippen LogP contribution in [0.1, 0.15) is 11.1 Å². The summed E-state index contributed by atoms with van der Waals surface area (Å²) < 4.78 is 5.23. The molecule has 0 saturated carbocycles. The maximum Gasteiger partial charge on any atom is 0.201 e. The molecule has 0 unspecified atom stereocenters. The van der Waals surface area contributed by atoms with Crippen molar-refractivity contribution in [2.24, 2.45) is 5.16 Å². The van der Waals surface area contributed by atoms with Crippen molar-refractivity contribution in [2.75, 3.05) is 0 Å². The van der Waals surface area contributed by atoms with Gasteiger partial charge in [0, 0.05) is 0 Å². The van der Waals surface area contributed by atoms with E-state index in [1.54, 1.807) is 12.1 Å². The van der Waals surface area contributed by atoms with E-state index in [-0.39, 0.29) is 11.0 Å². The van der Waals surface area contributed by atoms with Crippen molar-refractivity contribution < 1.29 is 9.62 Å². The Bertz CT molecular complexity index is 584. The standard InChI is InChI=1S/C11H9NO3/c1-7-2-3-10-9(4-7)11(13)8(5-12-14)6-15-10/h2-6,14H,1H3. The van der Waals surface area contributed by atoms with E-state index in [1.807, 2.05) is 13.0 Å². The first-order valence-electron chi connectivity index (χ1n) is 4.42. The molecule has 0 spiro atoms. The number of rotatable bonds is 1. The maximum atomic E-state index is 11.8. The number of nitrogens with zero attached hydrogens (tertiary/aromatic N) is 1. The Morgan fingerprint density at radius 2 is 2.27 bits per heavy atom. The van der Waals surface area contributed by atoms with Crippen molar-refractivity contribution in [3.63, 3.8) is 0 Å². The molecular weight excluding hydrogens is 194 g/mol. The Balaban J connectivity index is 2.83. The second-order valence-electron chi connectivity index (χ2n) is 3.26. The van der Waals surface area contributed by atoms with Gasteiger partial charge in [0.25, 0.3) is 0 Å². The highest BCUT2D eigenvalue weighted by Crippen LogP contribution is 2.12. The van der Waals surface area contributed by atoms with Gasteiger partial charge in [-0.25, -0.2) is 0 Å². The molecule has 1 aromatic heterocycles. The van der Waals surface area contributed by atoms with Crippen molar-refractivity contribution in [1.29, 1.82) is 0 Å². The lowest BCUT2D eigenvalue weighted by Crippen LogP contribution is -2.07. The van der Waals surface area contributed by atoms with Gasteiger partial charge in [-0.2, -0.15) is 0 Å². The van der Waals surface area contributed by atoms with Gasteiger partial charge in [-0.1, -0.05) is 16.8 Å². The van der Waals surface area contributed by atoms with Crippen LogP contribution in [0.4, 0.5) is 0 Å². The number of hydrogen-bond donors (Lipinski definition) is 1. The monoisotopic (exact) mass is 203 g/mol. The fraction of sp³-hybridized carbons (Fsp3) is 0.0909. The van der Waals surface area contributed by atoms with Crippen LogP contribution in [0.15, 0.2) is 38.8 Å². The lowest BCUT2D eigenvalue weighted by molar-refractivity contribution is 0.321. The molecule has 0 saturated heterocycles. The van der Waals surface area contributed by atoms with Crippen LogP contribution in [-0.4, -0.2) is 11.4 Å². The van der Waals surface area contributed by atoms with Gasteiger partial charge in [-0.15, -0.1) is 0 Å². The van der Waals surface area contributed by atoms with Crippen LogP contribution in [0.25, 0.3) is 11.0 Å². The van der Waals surface area contributed by atoms with E-state index in [9.17, 15) is 4.79 Å². The highest BCUT2D eigenvalue weighted by atomic mass is 16.4. The smallest absolute Gasteiger partial charge is 0.201 e. The van der Waals surface area contributed by atoms with Crippen LogP contribution in [0.5, 0.6) is 0 Å². The van der Waals surface area contributed by atoms with E-state index < -0.39 is 0 Å². The molecule has 0 radical (unpaired) electrons. The molecule has 1 heterocycles. The highest BCUT2D eigenvalue weighted by molar-refractivity contribution is 5.86. The summed E-state index contributed by atoms with van der Waals surface area (Å²) in [7, 11) is 0. The summed E-state index contributed by atoms with van der Waals surface area (Å²) in [6, 6.07) is 5.35. The van der Waals surface area contributed by atoms with E-state index in [0.717, 1.165) is 11.8 Å². The molecule has 0 aliphatic carbocycles. The number of fused-ring (bicyclic) bond motifs is 1. The molecule has 1 N–H and O–H groups in total.